The van der Waals surface area contributed by atoms with Gasteiger partial charge in [-0.05, 0) is 26.0 Å². The monoisotopic (exact) mass is 250 g/mol. The molecule has 1 amide bonds. The standard InChI is InChI=1S/C12H18N4O2/c1-12(2,16)10(14)9(17)6-4-3-5-7(8(6)13)11(15)18/h3-5,10H,13-14,16H2,1-2H3,(H2,15,18)/t10-/m1/s1. The van der Waals surface area contributed by atoms with Crippen molar-refractivity contribution in [2.45, 2.75) is 25.4 Å². The molecule has 0 aliphatic carbocycles. The van der Waals surface area contributed by atoms with Crippen LogP contribution >= 0.6 is 0 Å². The summed E-state index contributed by atoms with van der Waals surface area (Å²) in [6, 6.07) is 3.56. The molecule has 1 rings (SSSR count). The average molecular weight is 250 g/mol. The fourth-order valence-corrected chi connectivity index (χ4v) is 1.50. The van der Waals surface area contributed by atoms with Gasteiger partial charge in [0, 0.05) is 11.1 Å². The first-order valence-corrected chi connectivity index (χ1v) is 5.43. The zero-order valence-electron chi connectivity index (χ0n) is 10.4. The van der Waals surface area contributed by atoms with Crippen molar-refractivity contribution in [3.05, 3.63) is 29.3 Å². The maximum absolute atomic E-state index is 12.1. The van der Waals surface area contributed by atoms with E-state index in [1.54, 1.807) is 13.8 Å². The fourth-order valence-electron chi connectivity index (χ4n) is 1.50. The molecule has 8 N–H and O–H groups in total. The van der Waals surface area contributed by atoms with Crippen molar-refractivity contribution in [3.63, 3.8) is 0 Å². The number of hydrogen-bond acceptors (Lipinski definition) is 5. The zero-order valence-corrected chi connectivity index (χ0v) is 10.4. The Morgan fingerprint density at radius 2 is 1.72 bits per heavy atom. The SMILES string of the molecule is CC(C)(N)[C@H](N)C(=O)c1cccc(C(N)=O)c1N. The van der Waals surface area contributed by atoms with E-state index in [0.717, 1.165) is 0 Å². The molecule has 0 bridgehead atoms. The molecule has 0 radical (unpaired) electrons. The van der Waals surface area contributed by atoms with Crippen molar-refractivity contribution in [3.8, 4) is 0 Å². The lowest BCUT2D eigenvalue weighted by molar-refractivity contribution is 0.0931. The van der Waals surface area contributed by atoms with Crippen LogP contribution in [0.4, 0.5) is 5.69 Å². The minimum absolute atomic E-state index is 0.0368. The summed E-state index contributed by atoms with van der Waals surface area (Å²) in [5, 5.41) is 0. The first-order valence-electron chi connectivity index (χ1n) is 5.43. The molecule has 0 fully saturated rings. The van der Waals surface area contributed by atoms with Gasteiger partial charge in [-0.15, -0.1) is 0 Å². The van der Waals surface area contributed by atoms with Gasteiger partial charge in [-0.3, -0.25) is 9.59 Å². The molecule has 0 aliphatic heterocycles. The number of carbonyl (C=O) groups excluding carboxylic acids is 2. The lowest BCUT2D eigenvalue weighted by Gasteiger charge is -2.26. The van der Waals surface area contributed by atoms with Crippen LogP contribution in [0.25, 0.3) is 0 Å². The third kappa shape index (κ3) is 2.66. The molecule has 1 atom stereocenters. The molecule has 0 saturated heterocycles. The van der Waals surface area contributed by atoms with Gasteiger partial charge in [0.25, 0.3) is 5.91 Å². The Balaban J connectivity index is 3.23. The van der Waals surface area contributed by atoms with E-state index in [-0.39, 0.29) is 16.8 Å². The molecule has 1 aromatic carbocycles. The van der Waals surface area contributed by atoms with E-state index in [4.69, 9.17) is 22.9 Å². The van der Waals surface area contributed by atoms with Crippen LogP contribution in [0.15, 0.2) is 18.2 Å². The second kappa shape index (κ2) is 4.75. The Morgan fingerprint density at radius 1 is 1.22 bits per heavy atom. The highest BCUT2D eigenvalue weighted by Gasteiger charge is 2.30. The van der Waals surface area contributed by atoms with Crippen LogP contribution in [0, 0.1) is 0 Å². The van der Waals surface area contributed by atoms with E-state index in [2.05, 4.69) is 0 Å². The van der Waals surface area contributed by atoms with Crippen molar-refractivity contribution in [1.82, 2.24) is 0 Å². The summed E-state index contributed by atoms with van der Waals surface area (Å²) < 4.78 is 0. The molecule has 6 heteroatoms. The first-order chi connectivity index (χ1) is 8.16. The molecule has 0 spiro atoms. The highest BCUT2D eigenvalue weighted by atomic mass is 16.1. The first kappa shape index (κ1) is 14.1. The summed E-state index contributed by atoms with van der Waals surface area (Å²) in [5.74, 6) is -1.11. The third-order valence-electron chi connectivity index (χ3n) is 2.72. The van der Waals surface area contributed by atoms with Crippen LogP contribution in [0.2, 0.25) is 0 Å². The second-order valence-corrected chi connectivity index (χ2v) is 4.79. The van der Waals surface area contributed by atoms with E-state index >= 15 is 0 Å². The molecular formula is C12H18N4O2. The summed E-state index contributed by atoms with van der Waals surface area (Å²) in [4.78, 5) is 23.3. The van der Waals surface area contributed by atoms with Crippen molar-refractivity contribution >= 4 is 17.4 Å². The van der Waals surface area contributed by atoms with Gasteiger partial charge in [0.1, 0.15) is 0 Å². The summed E-state index contributed by atoms with van der Waals surface area (Å²) in [6.45, 7) is 3.29. The van der Waals surface area contributed by atoms with E-state index in [9.17, 15) is 9.59 Å². The minimum Gasteiger partial charge on any atom is -0.397 e. The maximum Gasteiger partial charge on any atom is 0.250 e. The van der Waals surface area contributed by atoms with Crippen LogP contribution in [0.3, 0.4) is 0 Å². The predicted molar refractivity (Wildman–Crippen MR) is 69.9 cm³/mol. The van der Waals surface area contributed by atoms with E-state index in [1.165, 1.54) is 18.2 Å². The number of primary amides is 1. The van der Waals surface area contributed by atoms with Gasteiger partial charge in [0.2, 0.25) is 0 Å². The number of hydrogen-bond donors (Lipinski definition) is 4. The molecule has 0 aliphatic rings. The molecule has 6 nitrogen and oxygen atoms in total. The number of Topliss-reactive ketones (excluding diaryl/α,β-unsaturated/α-hetero) is 1. The van der Waals surface area contributed by atoms with Crippen LogP contribution in [-0.4, -0.2) is 23.3 Å². The van der Waals surface area contributed by atoms with Crippen molar-refractivity contribution in [2.24, 2.45) is 17.2 Å². The number of amides is 1. The number of nitrogens with two attached hydrogens (primary N) is 4. The van der Waals surface area contributed by atoms with Gasteiger partial charge in [-0.25, -0.2) is 0 Å². The molecule has 0 saturated carbocycles. The number of carbonyl (C=O) groups is 2. The second-order valence-electron chi connectivity index (χ2n) is 4.79. The van der Waals surface area contributed by atoms with Gasteiger partial charge < -0.3 is 22.9 Å². The Bertz CT molecular complexity index is 491. The number of benzene rings is 1. The number of anilines is 1. The smallest absolute Gasteiger partial charge is 0.250 e. The van der Waals surface area contributed by atoms with Gasteiger partial charge in [-0.1, -0.05) is 6.07 Å². The summed E-state index contributed by atoms with van der Waals surface area (Å²) in [7, 11) is 0. The normalized spacial score (nSPS) is 13.1. The molecule has 0 aromatic heterocycles. The number of ketones is 1. The Labute approximate surface area is 105 Å². The van der Waals surface area contributed by atoms with E-state index in [0.29, 0.717) is 0 Å². The maximum atomic E-state index is 12.1. The minimum atomic E-state index is -0.914. The Kier molecular flexibility index (Phi) is 3.73. The predicted octanol–water partition coefficient (Wildman–Crippen LogP) is -0.385. The quantitative estimate of drug-likeness (QED) is 0.426. The van der Waals surface area contributed by atoms with Crippen LogP contribution in [0.1, 0.15) is 34.6 Å². The van der Waals surface area contributed by atoms with E-state index in [1.807, 2.05) is 0 Å². The van der Waals surface area contributed by atoms with Gasteiger partial charge in [0.05, 0.1) is 17.3 Å². The lowest BCUT2D eigenvalue weighted by Crippen LogP contribution is -2.55. The highest BCUT2D eigenvalue weighted by molar-refractivity contribution is 6.09. The van der Waals surface area contributed by atoms with Gasteiger partial charge >= 0.3 is 0 Å². The molecular weight excluding hydrogens is 232 g/mol. The van der Waals surface area contributed by atoms with Crippen molar-refractivity contribution in [2.75, 3.05) is 5.73 Å². The van der Waals surface area contributed by atoms with Crippen LogP contribution in [0.5, 0.6) is 0 Å². The van der Waals surface area contributed by atoms with Crippen LogP contribution < -0.4 is 22.9 Å². The molecule has 18 heavy (non-hydrogen) atoms. The van der Waals surface area contributed by atoms with Crippen molar-refractivity contribution in [1.29, 1.82) is 0 Å². The largest absolute Gasteiger partial charge is 0.397 e. The highest BCUT2D eigenvalue weighted by Crippen LogP contribution is 2.20. The third-order valence-corrected chi connectivity index (χ3v) is 2.72. The molecule has 0 heterocycles. The number of nitrogen functional groups attached to an aromatic ring is 1. The van der Waals surface area contributed by atoms with Gasteiger partial charge in [0.15, 0.2) is 5.78 Å². The Morgan fingerprint density at radius 3 is 2.17 bits per heavy atom. The zero-order chi connectivity index (χ0) is 14.1. The summed E-state index contributed by atoms with van der Waals surface area (Å²) >= 11 is 0. The van der Waals surface area contributed by atoms with Crippen molar-refractivity contribution < 1.29 is 9.59 Å². The average Bonchev–Trinajstić information content (AvgIpc) is 2.25. The van der Waals surface area contributed by atoms with E-state index < -0.39 is 23.3 Å². The topological polar surface area (TPSA) is 138 Å². The number of para-hydroxylation sites is 1. The fraction of sp³-hybridized carbons (Fsp3) is 0.333. The molecule has 1 aromatic rings. The molecule has 98 valence electrons. The Hall–Kier alpha value is -1.92. The van der Waals surface area contributed by atoms with Crippen LogP contribution in [-0.2, 0) is 0 Å². The summed E-state index contributed by atoms with van der Waals surface area (Å²) in [6.07, 6.45) is 0. The van der Waals surface area contributed by atoms with Gasteiger partial charge in [-0.2, -0.15) is 0 Å². The summed E-state index contributed by atoms with van der Waals surface area (Å²) in [5.41, 5.74) is 21.9. The number of rotatable bonds is 4. The molecule has 0 unspecified atom stereocenters. The lowest BCUT2D eigenvalue weighted by atomic mass is 9.88.